The van der Waals surface area contributed by atoms with Crippen molar-refractivity contribution in [2.45, 2.75) is 18.7 Å². The van der Waals surface area contributed by atoms with Crippen molar-refractivity contribution in [1.82, 2.24) is 4.72 Å². The molecule has 0 bridgehead atoms. The van der Waals surface area contributed by atoms with Crippen LogP contribution in [-0.2, 0) is 10.0 Å². The molecule has 0 aromatic heterocycles. The Bertz CT molecular complexity index is 763. The molecular formula is C15H14INO3S. The van der Waals surface area contributed by atoms with Gasteiger partial charge in [0.1, 0.15) is 0 Å². The lowest BCUT2D eigenvalue weighted by atomic mass is 10.1. The lowest BCUT2D eigenvalue weighted by Gasteiger charge is -2.10. The minimum atomic E-state index is -3.86. The molecule has 4 nitrogen and oxygen atoms in total. The van der Waals surface area contributed by atoms with Crippen LogP contribution in [0.2, 0.25) is 0 Å². The molecule has 0 atom stereocenters. The summed E-state index contributed by atoms with van der Waals surface area (Å²) >= 11 is 2.02. The van der Waals surface area contributed by atoms with Crippen molar-refractivity contribution in [3.8, 4) is 0 Å². The number of carbonyl (C=O) groups excluding carboxylic acids is 1. The molecule has 2 rings (SSSR count). The minimum Gasteiger partial charge on any atom is -0.268 e. The van der Waals surface area contributed by atoms with E-state index in [1.165, 1.54) is 12.1 Å². The summed E-state index contributed by atoms with van der Waals surface area (Å²) in [6.45, 7) is 3.64. The molecule has 21 heavy (non-hydrogen) atoms. The van der Waals surface area contributed by atoms with Crippen LogP contribution in [0, 0.1) is 17.4 Å². The minimum absolute atomic E-state index is 0.0741. The SMILES string of the molecule is Cc1ccc(S(=O)(=O)NC(=O)c2c(C)cccc2[125I])cc1. The summed E-state index contributed by atoms with van der Waals surface area (Å²) in [5.74, 6) is -0.613. The summed E-state index contributed by atoms with van der Waals surface area (Å²) < 4.78 is 27.3. The van der Waals surface area contributed by atoms with E-state index in [1.54, 1.807) is 31.2 Å². The van der Waals surface area contributed by atoms with E-state index in [4.69, 9.17) is 0 Å². The monoisotopic (exact) mass is 413 g/mol. The number of hydrogen-bond donors (Lipinski definition) is 1. The van der Waals surface area contributed by atoms with E-state index in [0.717, 1.165) is 11.1 Å². The van der Waals surface area contributed by atoms with Gasteiger partial charge in [-0.05, 0) is 60.2 Å². The Hall–Kier alpha value is -1.41. The summed E-state index contributed by atoms with van der Waals surface area (Å²) in [4.78, 5) is 12.3. The van der Waals surface area contributed by atoms with Crippen molar-refractivity contribution < 1.29 is 13.2 Å². The zero-order valence-electron chi connectivity index (χ0n) is 11.6. The summed E-state index contributed by atoms with van der Waals surface area (Å²) in [6.07, 6.45) is 0. The number of sulfonamides is 1. The van der Waals surface area contributed by atoms with Gasteiger partial charge in [0.2, 0.25) is 0 Å². The van der Waals surface area contributed by atoms with Gasteiger partial charge in [0.05, 0.1) is 10.5 Å². The van der Waals surface area contributed by atoms with E-state index in [2.05, 4.69) is 4.72 Å². The van der Waals surface area contributed by atoms with Gasteiger partial charge in [-0.15, -0.1) is 0 Å². The molecule has 110 valence electrons. The Kier molecular flexibility index (Phi) is 4.67. The van der Waals surface area contributed by atoms with Crippen LogP contribution >= 0.6 is 22.6 Å². The van der Waals surface area contributed by atoms with Gasteiger partial charge in [-0.3, -0.25) is 4.79 Å². The first-order chi connectivity index (χ1) is 9.81. The van der Waals surface area contributed by atoms with Crippen LogP contribution in [0.25, 0.3) is 0 Å². The molecule has 1 N–H and O–H groups in total. The maximum atomic E-state index is 12.2. The molecule has 0 saturated carbocycles. The zero-order chi connectivity index (χ0) is 15.6. The van der Waals surface area contributed by atoms with Crippen LogP contribution in [0.5, 0.6) is 0 Å². The van der Waals surface area contributed by atoms with Crippen LogP contribution in [0.1, 0.15) is 21.5 Å². The highest BCUT2D eigenvalue weighted by molar-refractivity contribution is 14.1. The molecule has 6 heteroatoms. The molecule has 0 radical (unpaired) electrons. The normalized spacial score (nSPS) is 11.2. The molecule has 0 aliphatic carbocycles. The zero-order valence-corrected chi connectivity index (χ0v) is 14.5. The number of hydrogen-bond acceptors (Lipinski definition) is 3. The maximum absolute atomic E-state index is 12.2. The van der Waals surface area contributed by atoms with Crippen LogP contribution in [-0.4, -0.2) is 14.3 Å². The second kappa shape index (κ2) is 6.15. The summed E-state index contributed by atoms with van der Waals surface area (Å²) in [5.41, 5.74) is 2.07. The van der Waals surface area contributed by atoms with E-state index in [9.17, 15) is 13.2 Å². The van der Waals surface area contributed by atoms with Crippen molar-refractivity contribution in [3.63, 3.8) is 0 Å². The summed E-state index contributed by atoms with van der Waals surface area (Å²) in [7, 11) is -3.86. The molecule has 2 aromatic rings. The van der Waals surface area contributed by atoms with Gasteiger partial charge in [0.15, 0.2) is 0 Å². The third kappa shape index (κ3) is 3.62. The van der Waals surface area contributed by atoms with Crippen LogP contribution < -0.4 is 4.72 Å². The lowest BCUT2D eigenvalue weighted by Crippen LogP contribution is -2.31. The van der Waals surface area contributed by atoms with E-state index < -0.39 is 15.9 Å². The Morgan fingerprint density at radius 1 is 1.05 bits per heavy atom. The molecule has 0 aliphatic rings. The van der Waals surface area contributed by atoms with Gasteiger partial charge in [-0.2, -0.15) is 0 Å². The average Bonchev–Trinajstić information content (AvgIpc) is 2.38. The predicted molar refractivity (Wildman–Crippen MR) is 89.7 cm³/mol. The topological polar surface area (TPSA) is 63.2 Å². The fourth-order valence-electron chi connectivity index (χ4n) is 1.87. The molecule has 1 amide bonds. The number of aryl methyl sites for hydroxylation is 2. The number of carbonyl (C=O) groups is 1. The highest BCUT2D eigenvalue weighted by Gasteiger charge is 2.21. The van der Waals surface area contributed by atoms with Crippen molar-refractivity contribution in [2.24, 2.45) is 0 Å². The number of benzene rings is 2. The van der Waals surface area contributed by atoms with Crippen molar-refractivity contribution in [3.05, 3.63) is 62.7 Å². The van der Waals surface area contributed by atoms with E-state index >= 15 is 0 Å². The molecular weight excluding hydrogens is 399 g/mol. The van der Waals surface area contributed by atoms with Gasteiger partial charge in [-0.25, -0.2) is 13.1 Å². The average molecular weight is 413 g/mol. The second-order valence-corrected chi connectivity index (χ2v) is 7.52. The largest absolute Gasteiger partial charge is 0.268 e. The van der Waals surface area contributed by atoms with E-state index in [1.807, 2.05) is 35.6 Å². The molecule has 0 fully saturated rings. The summed E-state index contributed by atoms with van der Waals surface area (Å²) in [5, 5.41) is 0. The van der Waals surface area contributed by atoms with Gasteiger partial charge in [0.25, 0.3) is 15.9 Å². The highest BCUT2D eigenvalue weighted by atomic mass is 125. The highest BCUT2D eigenvalue weighted by Crippen LogP contribution is 2.17. The van der Waals surface area contributed by atoms with Crippen molar-refractivity contribution >= 4 is 38.5 Å². The molecule has 0 saturated heterocycles. The van der Waals surface area contributed by atoms with Gasteiger partial charge < -0.3 is 0 Å². The molecule has 0 aliphatic heterocycles. The molecule has 0 heterocycles. The molecule has 0 unspecified atom stereocenters. The lowest BCUT2D eigenvalue weighted by molar-refractivity contribution is 0.0980. The van der Waals surface area contributed by atoms with Crippen LogP contribution in [0.3, 0.4) is 0 Å². The Balaban J connectivity index is 2.33. The third-order valence-corrected chi connectivity index (χ3v) is 5.25. The fourth-order valence-corrected chi connectivity index (χ4v) is 3.71. The number of amides is 1. The Morgan fingerprint density at radius 3 is 2.24 bits per heavy atom. The Morgan fingerprint density at radius 2 is 1.67 bits per heavy atom. The van der Waals surface area contributed by atoms with Crippen LogP contribution in [0.4, 0.5) is 0 Å². The Labute approximate surface area is 137 Å². The number of rotatable bonds is 3. The first-order valence-corrected chi connectivity index (χ1v) is 8.76. The number of halogens is 1. The summed E-state index contributed by atoms with van der Waals surface area (Å²) in [6, 6.07) is 11.7. The van der Waals surface area contributed by atoms with Gasteiger partial charge >= 0.3 is 0 Å². The van der Waals surface area contributed by atoms with Gasteiger partial charge in [0, 0.05) is 3.57 Å². The van der Waals surface area contributed by atoms with Crippen molar-refractivity contribution in [2.75, 3.05) is 0 Å². The smallest absolute Gasteiger partial charge is 0.266 e. The van der Waals surface area contributed by atoms with E-state index in [-0.39, 0.29) is 4.90 Å². The third-order valence-electron chi connectivity index (χ3n) is 3.01. The van der Waals surface area contributed by atoms with Crippen LogP contribution in [0.15, 0.2) is 47.4 Å². The van der Waals surface area contributed by atoms with Crippen molar-refractivity contribution in [1.29, 1.82) is 0 Å². The quantitative estimate of drug-likeness (QED) is 0.787. The second-order valence-electron chi connectivity index (χ2n) is 4.68. The van der Waals surface area contributed by atoms with E-state index in [0.29, 0.717) is 9.13 Å². The van der Waals surface area contributed by atoms with Gasteiger partial charge in [-0.1, -0.05) is 29.8 Å². The first kappa shape index (κ1) is 16.0. The first-order valence-electron chi connectivity index (χ1n) is 6.20. The predicted octanol–water partition coefficient (Wildman–Crippen LogP) is 3.03. The molecule has 0 spiro atoms. The fraction of sp³-hybridized carbons (Fsp3) is 0.133. The molecule has 2 aromatic carbocycles. The maximum Gasteiger partial charge on any atom is 0.266 e. The number of nitrogens with one attached hydrogen (secondary N) is 1. The standard InChI is InChI=1S/C15H14INO3S/c1-10-6-8-12(9-7-10)21(19,20)17-15(18)14-11(2)4-3-5-13(14)16/h3-9H,1-2H3,(H,17,18)/i16-2.